The highest BCUT2D eigenvalue weighted by Crippen LogP contribution is 2.20. The first kappa shape index (κ1) is 21.4. The molecule has 3 aromatic rings. The highest BCUT2D eigenvalue weighted by molar-refractivity contribution is 7.98. The van der Waals surface area contributed by atoms with Gasteiger partial charge in [0, 0.05) is 25.2 Å². The predicted molar refractivity (Wildman–Crippen MR) is 120 cm³/mol. The summed E-state index contributed by atoms with van der Waals surface area (Å²) in [5, 5.41) is 4.49. The minimum absolute atomic E-state index is 0.116. The molecule has 1 N–H and O–H groups in total. The number of nitrogens with one attached hydrogen (secondary N) is 1. The standard InChI is InChI=1S/C20H23ClN4O2SSi/c1-29(2,3)14-13-27-18-11-12-25(23-18)17-10-9-16(19(21)22-17)20(26)24-28-15-7-5-4-6-8-15/h4-12H,13-14H2,1-3H3,(H,24,26). The number of nitrogens with zero attached hydrogens (tertiary/aromatic N) is 3. The summed E-state index contributed by atoms with van der Waals surface area (Å²) in [5.74, 6) is 0.753. The summed E-state index contributed by atoms with van der Waals surface area (Å²) >= 11 is 7.48. The minimum atomic E-state index is -1.15. The summed E-state index contributed by atoms with van der Waals surface area (Å²) in [4.78, 5) is 17.6. The second kappa shape index (κ2) is 9.47. The van der Waals surface area contributed by atoms with Crippen LogP contribution >= 0.6 is 23.5 Å². The zero-order chi connectivity index (χ0) is 20.9. The second-order valence-corrected chi connectivity index (χ2v) is 14.5. The molecule has 152 valence electrons. The van der Waals surface area contributed by atoms with E-state index in [9.17, 15) is 4.79 Å². The molecule has 9 heteroatoms. The summed E-state index contributed by atoms with van der Waals surface area (Å²) in [6, 6.07) is 15.8. The van der Waals surface area contributed by atoms with E-state index in [2.05, 4.69) is 34.4 Å². The fourth-order valence-corrected chi connectivity index (χ4v) is 3.91. The molecule has 0 bridgehead atoms. The molecule has 0 aliphatic rings. The van der Waals surface area contributed by atoms with Crippen molar-refractivity contribution in [3.63, 3.8) is 0 Å². The van der Waals surface area contributed by atoms with E-state index in [4.69, 9.17) is 16.3 Å². The Bertz CT molecular complexity index is 976. The van der Waals surface area contributed by atoms with E-state index in [0.717, 1.165) is 10.9 Å². The van der Waals surface area contributed by atoms with Gasteiger partial charge in [0.2, 0.25) is 5.88 Å². The second-order valence-electron chi connectivity index (χ2n) is 7.61. The molecule has 29 heavy (non-hydrogen) atoms. The van der Waals surface area contributed by atoms with Crippen molar-refractivity contribution in [3.8, 4) is 11.7 Å². The molecule has 0 fully saturated rings. The summed E-state index contributed by atoms with van der Waals surface area (Å²) in [6.45, 7) is 7.56. The molecule has 1 aromatic carbocycles. The molecule has 0 unspecified atom stereocenters. The Kier molecular flexibility index (Phi) is 6.99. The Balaban J connectivity index is 1.62. The molecule has 0 aliphatic heterocycles. The van der Waals surface area contributed by atoms with Crippen LogP contribution in [0.1, 0.15) is 10.4 Å². The number of aromatic nitrogens is 3. The molecular formula is C20H23ClN4O2SSi. The van der Waals surface area contributed by atoms with Crippen LogP contribution in [0.25, 0.3) is 5.82 Å². The van der Waals surface area contributed by atoms with E-state index in [1.54, 1.807) is 29.1 Å². The van der Waals surface area contributed by atoms with Crippen molar-refractivity contribution in [1.29, 1.82) is 0 Å². The van der Waals surface area contributed by atoms with Crippen LogP contribution in [0.5, 0.6) is 5.88 Å². The van der Waals surface area contributed by atoms with Crippen molar-refractivity contribution in [3.05, 3.63) is 65.4 Å². The Morgan fingerprint density at radius 1 is 1.17 bits per heavy atom. The summed E-state index contributed by atoms with van der Waals surface area (Å²) in [6.07, 6.45) is 1.76. The third-order valence-corrected chi connectivity index (χ3v) is 6.77. The van der Waals surface area contributed by atoms with Crippen LogP contribution in [0.4, 0.5) is 0 Å². The molecule has 1 amide bonds. The minimum Gasteiger partial charge on any atom is -0.477 e. The number of ether oxygens (including phenoxy) is 1. The molecule has 6 nitrogen and oxygen atoms in total. The normalized spacial score (nSPS) is 11.3. The molecule has 0 spiro atoms. The lowest BCUT2D eigenvalue weighted by Crippen LogP contribution is -2.22. The van der Waals surface area contributed by atoms with E-state index in [1.807, 2.05) is 30.3 Å². The van der Waals surface area contributed by atoms with Crippen LogP contribution in [0.2, 0.25) is 30.8 Å². The smallest absolute Gasteiger partial charge is 0.264 e. The largest absolute Gasteiger partial charge is 0.477 e. The Hall–Kier alpha value is -2.29. The number of amides is 1. The van der Waals surface area contributed by atoms with E-state index in [1.165, 1.54) is 11.9 Å². The maximum absolute atomic E-state index is 12.4. The van der Waals surface area contributed by atoms with Gasteiger partial charge in [-0.15, -0.1) is 5.10 Å². The summed E-state index contributed by atoms with van der Waals surface area (Å²) < 4.78 is 10.1. The molecule has 3 rings (SSSR count). The van der Waals surface area contributed by atoms with Crippen molar-refractivity contribution < 1.29 is 9.53 Å². The fourth-order valence-electron chi connectivity index (χ4n) is 2.34. The zero-order valence-electron chi connectivity index (χ0n) is 16.6. The average Bonchev–Trinajstić information content (AvgIpc) is 3.15. The number of rotatable bonds is 8. The Morgan fingerprint density at radius 3 is 2.62 bits per heavy atom. The molecule has 2 aromatic heterocycles. The van der Waals surface area contributed by atoms with Gasteiger partial charge in [0.25, 0.3) is 5.91 Å². The van der Waals surface area contributed by atoms with Gasteiger partial charge in [-0.1, -0.05) is 49.4 Å². The number of carbonyl (C=O) groups excluding carboxylic acids is 1. The van der Waals surface area contributed by atoms with Crippen LogP contribution in [0, 0.1) is 0 Å². The third-order valence-electron chi connectivity index (χ3n) is 3.98. The van der Waals surface area contributed by atoms with Gasteiger partial charge in [0.1, 0.15) is 5.15 Å². The van der Waals surface area contributed by atoms with Gasteiger partial charge in [-0.25, -0.2) is 9.67 Å². The first-order valence-electron chi connectivity index (χ1n) is 9.19. The monoisotopic (exact) mass is 446 g/mol. The fraction of sp³-hybridized carbons (Fsp3) is 0.250. The first-order valence-corrected chi connectivity index (χ1v) is 14.1. The maximum Gasteiger partial charge on any atom is 0.264 e. The lowest BCUT2D eigenvalue weighted by atomic mass is 10.3. The van der Waals surface area contributed by atoms with Gasteiger partial charge in [-0.3, -0.25) is 9.52 Å². The van der Waals surface area contributed by atoms with Crippen molar-refractivity contribution in [2.75, 3.05) is 6.61 Å². The van der Waals surface area contributed by atoms with E-state index in [-0.39, 0.29) is 11.1 Å². The molecule has 0 radical (unpaired) electrons. The number of benzene rings is 1. The van der Waals surface area contributed by atoms with Crippen molar-refractivity contribution in [1.82, 2.24) is 19.5 Å². The highest BCUT2D eigenvalue weighted by Gasteiger charge is 2.15. The lowest BCUT2D eigenvalue weighted by Gasteiger charge is -2.14. The Labute approximate surface area is 180 Å². The number of hydrogen-bond donors (Lipinski definition) is 1. The number of halogens is 1. The lowest BCUT2D eigenvalue weighted by molar-refractivity contribution is 0.0984. The SMILES string of the molecule is C[Si](C)(C)CCOc1ccn(-c2ccc(C(=O)NSc3ccccc3)c(Cl)n2)n1. The van der Waals surface area contributed by atoms with Crippen LogP contribution < -0.4 is 9.46 Å². The third kappa shape index (κ3) is 6.35. The maximum atomic E-state index is 12.4. The van der Waals surface area contributed by atoms with Gasteiger partial charge in [0.15, 0.2) is 5.82 Å². The predicted octanol–water partition coefficient (Wildman–Crippen LogP) is 5.07. The van der Waals surface area contributed by atoms with Crippen LogP contribution in [0.3, 0.4) is 0 Å². The van der Waals surface area contributed by atoms with Gasteiger partial charge in [-0.05, 0) is 42.3 Å². The van der Waals surface area contributed by atoms with Crippen LogP contribution in [-0.4, -0.2) is 35.4 Å². The van der Waals surface area contributed by atoms with Crippen LogP contribution in [-0.2, 0) is 0 Å². The highest BCUT2D eigenvalue weighted by atomic mass is 35.5. The van der Waals surface area contributed by atoms with Crippen molar-refractivity contribution in [2.45, 2.75) is 30.6 Å². The molecule has 0 saturated carbocycles. The van der Waals surface area contributed by atoms with Gasteiger partial charge < -0.3 is 4.74 Å². The number of hydrogen-bond acceptors (Lipinski definition) is 5. The number of pyridine rings is 1. The molecule has 0 aliphatic carbocycles. The topological polar surface area (TPSA) is 69.0 Å². The summed E-state index contributed by atoms with van der Waals surface area (Å²) in [5.41, 5.74) is 0.303. The molecule has 0 saturated heterocycles. The van der Waals surface area contributed by atoms with E-state index < -0.39 is 8.07 Å². The zero-order valence-corrected chi connectivity index (χ0v) is 19.1. The molecule has 0 atom stereocenters. The number of carbonyl (C=O) groups is 1. The summed E-state index contributed by atoms with van der Waals surface area (Å²) in [7, 11) is -1.15. The van der Waals surface area contributed by atoms with Gasteiger partial charge >= 0.3 is 0 Å². The molecular weight excluding hydrogens is 424 g/mol. The first-order chi connectivity index (χ1) is 13.8. The van der Waals surface area contributed by atoms with Crippen LogP contribution in [0.15, 0.2) is 59.6 Å². The van der Waals surface area contributed by atoms with Crippen molar-refractivity contribution >= 4 is 37.5 Å². The van der Waals surface area contributed by atoms with Gasteiger partial charge in [-0.2, -0.15) is 0 Å². The van der Waals surface area contributed by atoms with Gasteiger partial charge in [0.05, 0.1) is 12.2 Å². The quantitative estimate of drug-likeness (QED) is 0.297. The average molecular weight is 447 g/mol. The Morgan fingerprint density at radius 2 is 1.93 bits per heavy atom. The van der Waals surface area contributed by atoms with E-state index in [0.29, 0.717) is 23.9 Å². The van der Waals surface area contributed by atoms with Crippen molar-refractivity contribution in [2.24, 2.45) is 0 Å². The molecule has 2 heterocycles. The van der Waals surface area contributed by atoms with E-state index >= 15 is 0 Å².